The number of imidazole rings is 1. The fraction of sp³-hybridized carbons (Fsp3) is 0.0714. The first-order valence-corrected chi connectivity index (χ1v) is 7.03. The molecule has 0 aliphatic rings. The largest absolute Gasteiger partial charge is 0.409 e. The van der Waals surface area contributed by atoms with Gasteiger partial charge in [-0.2, -0.15) is 0 Å². The Balaban J connectivity index is 2.23. The number of pyridine rings is 1. The van der Waals surface area contributed by atoms with E-state index in [4.69, 9.17) is 10.9 Å². The van der Waals surface area contributed by atoms with E-state index in [0.717, 1.165) is 21.0 Å². The zero-order valence-corrected chi connectivity index (χ0v) is 12.1. The second kappa shape index (κ2) is 5.45. The van der Waals surface area contributed by atoms with Crippen molar-refractivity contribution in [2.24, 2.45) is 17.9 Å². The summed E-state index contributed by atoms with van der Waals surface area (Å²) in [7, 11) is 1.92. The lowest BCUT2D eigenvalue weighted by Gasteiger charge is -2.10. The van der Waals surface area contributed by atoms with Crippen molar-refractivity contribution in [3.8, 4) is 0 Å². The molecule has 3 rings (SSSR count). The molecule has 6 nitrogen and oxygen atoms in total. The number of fused-ring (bicyclic) bond motifs is 1. The number of rotatable bonds is 3. The second-order valence-corrected chi connectivity index (χ2v) is 5.40. The number of hydrogen-bond acceptors (Lipinski definition) is 5. The highest BCUT2D eigenvalue weighted by Crippen LogP contribution is 2.34. The highest BCUT2D eigenvalue weighted by atomic mass is 32.2. The maximum Gasteiger partial charge on any atom is 0.172 e. The van der Waals surface area contributed by atoms with Gasteiger partial charge < -0.3 is 15.5 Å². The number of aryl methyl sites for hydroxylation is 1. The molecule has 0 aliphatic heterocycles. The van der Waals surface area contributed by atoms with Crippen molar-refractivity contribution in [2.75, 3.05) is 0 Å². The molecule has 0 unspecified atom stereocenters. The molecular weight excluding hydrogens is 286 g/mol. The Morgan fingerprint density at radius 3 is 2.86 bits per heavy atom. The van der Waals surface area contributed by atoms with Crippen LogP contribution in [0.1, 0.15) is 5.56 Å². The zero-order valence-electron chi connectivity index (χ0n) is 11.3. The molecule has 3 aromatic rings. The van der Waals surface area contributed by atoms with Crippen LogP contribution in [0, 0.1) is 0 Å². The number of amidine groups is 1. The van der Waals surface area contributed by atoms with Gasteiger partial charge in [-0.05, 0) is 6.07 Å². The summed E-state index contributed by atoms with van der Waals surface area (Å²) in [6, 6.07) is 7.74. The summed E-state index contributed by atoms with van der Waals surface area (Å²) in [6.45, 7) is 0. The Bertz CT molecular complexity index is 827. The van der Waals surface area contributed by atoms with E-state index in [-0.39, 0.29) is 5.84 Å². The van der Waals surface area contributed by atoms with Crippen molar-refractivity contribution in [1.29, 1.82) is 0 Å². The number of nitrogens with two attached hydrogens (primary N) is 1. The third kappa shape index (κ3) is 2.43. The van der Waals surface area contributed by atoms with Crippen molar-refractivity contribution in [2.45, 2.75) is 10.1 Å². The van der Waals surface area contributed by atoms with Gasteiger partial charge in [0.2, 0.25) is 0 Å². The molecule has 2 heterocycles. The first-order valence-electron chi connectivity index (χ1n) is 6.21. The molecule has 7 heteroatoms. The summed E-state index contributed by atoms with van der Waals surface area (Å²) < 4.78 is 1.91. The maximum absolute atomic E-state index is 8.97. The molecule has 0 aliphatic carbocycles. The Kier molecular flexibility index (Phi) is 3.49. The van der Waals surface area contributed by atoms with Gasteiger partial charge >= 0.3 is 0 Å². The quantitative estimate of drug-likeness (QED) is 0.335. The number of aromatic nitrogens is 3. The molecule has 0 amide bonds. The Morgan fingerprint density at radius 2 is 2.14 bits per heavy atom. The summed E-state index contributed by atoms with van der Waals surface area (Å²) in [5.41, 5.74) is 7.21. The predicted octanol–water partition coefficient (Wildman–Crippen LogP) is 2.21. The number of oxime groups is 1. The highest BCUT2D eigenvalue weighted by molar-refractivity contribution is 7.99. The van der Waals surface area contributed by atoms with Crippen LogP contribution in [-0.2, 0) is 7.05 Å². The predicted molar refractivity (Wildman–Crippen MR) is 81.6 cm³/mol. The number of nitrogens with zero attached hydrogens (tertiary/aromatic N) is 4. The zero-order chi connectivity index (χ0) is 14.8. The number of hydrogen-bond donors (Lipinski definition) is 2. The average molecular weight is 299 g/mol. The van der Waals surface area contributed by atoms with Crippen LogP contribution in [0.25, 0.3) is 10.9 Å². The van der Waals surface area contributed by atoms with Crippen LogP contribution >= 0.6 is 11.8 Å². The number of para-hydroxylation sites is 1. The molecule has 0 radical (unpaired) electrons. The molecule has 1 aromatic carbocycles. The molecule has 0 fully saturated rings. The SMILES string of the molecule is Cn1ccnc1Sc1c(/C(N)=N/O)cnc2ccccc12. The summed E-state index contributed by atoms with van der Waals surface area (Å²) in [6.07, 6.45) is 5.21. The third-order valence-electron chi connectivity index (χ3n) is 3.08. The Labute approximate surface area is 125 Å². The normalized spacial score (nSPS) is 12.0. The maximum atomic E-state index is 8.97. The first-order chi connectivity index (χ1) is 10.2. The van der Waals surface area contributed by atoms with Crippen LogP contribution in [0.15, 0.2) is 58.1 Å². The van der Waals surface area contributed by atoms with Crippen LogP contribution < -0.4 is 5.73 Å². The second-order valence-electron chi connectivity index (χ2n) is 4.43. The van der Waals surface area contributed by atoms with E-state index in [1.54, 1.807) is 12.4 Å². The van der Waals surface area contributed by atoms with Crippen LogP contribution in [-0.4, -0.2) is 25.6 Å². The third-order valence-corrected chi connectivity index (χ3v) is 4.30. The van der Waals surface area contributed by atoms with Crippen molar-refractivity contribution in [3.63, 3.8) is 0 Å². The van der Waals surface area contributed by atoms with Crippen LogP contribution in [0.4, 0.5) is 0 Å². The van der Waals surface area contributed by atoms with Gasteiger partial charge in [-0.3, -0.25) is 4.98 Å². The molecule has 0 saturated carbocycles. The van der Waals surface area contributed by atoms with Crippen molar-refractivity contribution in [3.05, 3.63) is 48.4 Å². The smallest absolute Gasteiger partial charge is 0.172 e. The molecule has 21 heavy (non-hydrogen) atoms. The van der Waals surface area contributed by atoms with Crippen molar-refractivity contribution < 1.29 is 5.21 Å². The topological polar surface area (TPSA) is 89.3 Å². The standard InChI is InChI=1S/C14H13N5OS/c1-19-7-6-16-14(19)21-12-9-4-2-3-5-11(9)17-8-10(12)13(15)18-20/h2-8,20H,1H3,(H2,15,18). The lowest BCUT2D eigenvalue weighted by atomic mass is 10.1. The van der Waals surface area contributed by atoms with Gasteiger partial charge in [0.1, 0.15) is 0 Å². The molecular formula is C14H13N5OS. The molecule has 0 atom stereocenters. The highest BCUT2D eigenvalue weighted by Gasteiger charge is 2.15. The lowest BCUT2D eigenvalue weighted by molar-refractivity contribution is 0.318. The van der Waals surface area contributed by atoms with E-state index < -0.39 is 0 Å². The van der Waals surface area contributed by atoms with Gasteiger partial charge in [0.15, 0.2) is 11.0 Å². The van der Waals surface area contributed by atoms with Crippen LogP contribution in [0.5, 0.6) is 0 Å². The Hall–Kier alpha value is -2.54. The lowest BCUT2D eigenvalue weighted by Crippen LogP contribution is -2.15. The minimum atomic E-state index is 0.0324. The summed E-state index contributed by atoms with van der Waals surface area (Å²) in [5, 5.41) is 13.8. The monoisotopic (exact) mass is 299 g/mol. The summed E-state index contributed by atoms with van der Waals surface area (Å²) >= 11 is 1.46. The van der Waals surface area contributed by atoms with Crippen molar-refractivity contribution in [1.82, 2.24) is 14.5 Å². The van der Waals surface area contributed by atoms with Gasteiger partial charge in [-0.25, -0.2) is 4.98 Å². The van der Waals surface area contributed by atoms with E-state index >= 15 is 0 Å². The van der Waals surface area contributed by atoms with Gasteiger partial charge in [0, 0.05) is 35.9 Å². The van der Waals surface area contributed by atoms with E-state index in [2.05, 4.69) is 15.1 Å². The molecule has 106 valence electrons. The minimum Gasteiger partial charge on any atom is -0.409 e. The fourth-order valence-corrected chi connectivity index (χ4v) is 3.05. The van der Waals surface area contributed by atoms with Gasteiger partial charge in [0.05, 0.1) is 11.1 Å². The molecule has 3 N–H and O–H groups in total. The summed E-state index contributed by atoms with van der Waals surface area (Å²) in [5.74, 6) is 0.0324. The van der Waals surface area contributed by atoms with E-state index in [1.165, 1.54) is 11.8 Å². The minimum absolute atomic E-state index is 0.0324. The van der Waals surface area contributed by atoms with E-state index in [9.17, 15) is 0 Å². The first kappa shape index (κ1) is 13.4. The van der Waals surface area contributed by atoms with E-state index in [1.807, 2.05) is 42.1 Å². The Morgan fingerprint density at radius 1 is 1.33 bits per heavy atom. The average Bonchev–Trinajstić information content (AvgIpc) is 2.92. The van der Waals surface area contributed by atoms with E-state index in [0.29, 0.717) is 5.56 Å². The summed E-state index contributed by atoms with van der Waals surface area (Å²) in [4.78, 5) is 9.52. The molecule has 0 bridgehead atoms. The molecule has 0 spiro atoms. The van der Waals surface area contributed by atoms with Gasteiger partial charge in [-0.1, -0.05) is 35.1 Å². The molecule has 0 saturated heterocycles. The van der Waals surface area contributed by atoms with Gasteiger partial charge in [0.25, 0.3) is 0 Å². The molecule has 2 aromatic heterocycles. The van der Waals surface area contributed by atoms with Crippen LogP contribution in [0.3, 0.4) is 0 Å². The fourth-order valence-electron chi connectivity index (χ4n) is 2.00. The van der Waals surface area contributed by atoms with Crippen molar-refractivity contribution >= 4 is 28.5 Å². The van der Waals surface area contributed by atoms with Crippen LogP contribution in [0.2, 0.25) is 0 Å². The van der Waals surface area contributed by atoms with Gasteiger partial charge in [-0.15, -0.1) is 0 Å². The number of benzene rings is 1.